The minimum atomic E-state index is -1.25. The fraction of sp³-hybridized carbons (Fsp3) is 0.239. The van der Waals surface area contributed by atoms with Gasteiger partial charge < -0.3 is 34.1 Å². The molecule has 60 heavy (non-hydrogen) atoms. The molecule has 1 unspecified atom stereocenters. The van der Waals surface area contributed by atoms with Crippen LogP contribution in [0.3, 0.4) is 0 Å². The first-order valence-corrected chi connectivity index (χ1v) is 20.1. The number of pyridine rings is 1. The molecule has 12 nitrogen and oxygen atoms in total. The van der Waals surface area contributed by atoms with Gasteiger partial charge in [0.2, 0.25) is 5.91 Å². The lowest BCUT2D eigenvalue weighted by Crippen LogP contribution is -2.56. The van der Waals surface area contributed by atoms with E-state index in [2.05, 4.69) is 15.3 Å². The highest BCUT2D eigenvalue weighted by Crippen LogP contribution is 2.41. The summed E-state index contributed by atoms with van der Waals surface area (Å²) in [7, 11) is 1.70. The Kier molecular flexibility index (Phi) is 11.5. The van der Waals surface area contributed by atoms with Crippen molar-refractivity contribution in [3.63, 3.8) is 0 Å². The Morgan fingerprint density at radius 1 is 0.900 bits per heavy atom. The summed E-state index contributed by atoms with van der Waals surface area (Å²) in [5, 5.41) is 14.0. The Labute approximate surface area is 356 Å². The van der Waals surface area contributed by atoms with Gasteiger partial charge in [-0.05, 0) is 101 Å². The maximum Gasteiger partial charge on any atom is 0.326 e. The molecule has 0 aliphatic carbocycles. The Morgan fingerprint density at radius 2 is 1.65 bits per heavy atom. The lowest BCUT2D eigenvalue weighted by atomic mass is 9.92. The maximum absolute atomic E-state index is 14.2. The third-order valence-electron chi connectivity index (χ3n) is 11.0. The molecule has 0 spiro atoms. The van der Waals surface area contributed by atoms with Crippen molar-refractivity contribution in [1.29, 1.82) is 0 Å². The van der Waals surface area contributed by atoms with Crippen LogP contribution in [0.15, 0.2) is 104 Å². The average molecular weight is 847 g/mol. The number of carbonyl (C=O) groups is 3. The van der Waals surface area contributed by atoms with Gasteiger partial charge in [0.05, 0.1) is 10.0 Å². The zero-order chi connectivity index (χ0) is 42.1. The van der Waals surface area contributed by atoms with E-state index in [0.29, 0.717) is 33.9 Å². The number of aryl methyl sites for hydroxylation is 2. The number of carboxylic acids is 1. The van der Waals surface area contributed by atoms with Crippen LogP contribution in [0, 0.1) is 13.8 Å². The van der Waals surface area contributed by atoms with Crippen molar-refractivity contribution >= 4 is 41.0 Å². The second-order valence-corrected chi connectivity index (χ2v) is 15.8. The highest BCUT2D eigenvalue weighted by Gasteiger charge is 2.39. The topological polar surface area (TPSA) is 145 Å². The number of aliphatic carboxylic acids is 1. The highest BCUT2D eigenvalue weighted by molar-refractivity contribution is 6.42. The molecular weight excluding hydrogens is 805 g/mol. The Bertz CT molecular complexity index is 2600. The maximum atomic E-state index is 14.2. The number of aromatic nitrogens is 3. The number of halogens is 2. The fourth-order valence-electron chi connectivity index (χ4n) is 7.52. The molecule has 4 heterocycles. The van der Waals surface area contributed by atoms with E-state index in [1.807, 2.05) is 86.6 Å². The second-order valence-electron chi connectivity index (χ2n) is 15.0. The predicted molar refractivity (Wildman–Crippen MR) is 226 cm³/mol. The van der Waals surface area contributed by atoms with E-state index in [1.165, 1.54) is 11.1 Å². The summed E-state index contributed by atoms with van der Waals surface area (Å²) in [6.45, 7) is 4.59. The number of ether oxygens (including phenoxy) is 3. The van der Waals surface area contributed by atoms with Crippen molar-refractivity contribution in [3.05, 3.63) is 158 Å². The summed E-state index contributed by atoms with van der Waals surface area (Å²) in [5.74, 6) is -0.413. The monoisotopic (exact) mass is 845 g/mol. The van der Waals surface area contributed by atoms with Gasteiger partial charge >= 0.3 is 5.97 Å². The Hall–Kier alpha value is -6.37. The van der Waals surface area contributed by atoms with Crippen LogP contribution in [0.25, 0.3) is 11.1 Å². The number of hydrogen-bond acceptors (Lipinski definition) is 8. The third kappa shape index (κ3) is 8.52. The first-order valence-electron chi connectivity index (χ1n) is 19.4. The molecule has 306 valence electrons. The Morgan fingerprint density at radius 3 is 2.37 bits per heavy atom. The number of imidazole rings is 1. The molecule has 0 saturated carbocycles. The number of rotatable bonds is 11. The number of benzene rings is 4. The SMILES string of the molecule is Cc1nccc(-c2ccc(CC(NC(=O)[C@@H]3Cc4cc5c(cc4CN3C(=O)c3nccn3C)O[C@@H](c3ccc(OCc4ccc(Cl)c(Cl)c4)cc3)CO5)C(=O)O)cc2)c1C. The van der Waals surface area contributed by atoms with Crippen LogP contribution in [0.1, 0.15) is 55.8 Å². The van der Waals surface area contributed by atoms with Crippen LogP contribution >= 0.6 is 23.2 Å². The number of hydrogen-bond donors (Lipinski definition) is 2. The molecule has 14 heteroatoms. The van der Waals surface area contributed by atoms with Crippen LogP contribution in [0.4, 0.5) is 0 Å². The zero-order valence-corrected chi connectivity index (χ0v) is 34.5. The summed E-state index contributed by atoms with van der Waals surface area (Å²) in [4.78, 5) is 50.9. The van der Waals surface area contributed by atoms with E-state index < -0.39 is 36.0 Å². The molecule has 0 bridgehead atoms. The molecule has 6 aromatic rings. The molecule has 8 rings (SSSR count). The lowest BCUT2D eigenvalue weighted by Gasteiger charge is -2.37. The molecule has 0 fully saturated rings. The zero-order valence-electron chi connectivity index (χ0n) is 33.0. The molecule has 0 saturated heterocycles. The van der Waals surface area contributed by atoms with Gasteiger partial charge in [-0.25, -0.2) is 9.78 Å². The van der Waals surface area contributed by atoms with Crippen LogP contribution < -0.4 is 19.5 Å². The molecular formula is C46H41Cl2N5O7. The van der Waals surface area contributed by atoms with E-state index >= 15 is 0 Å². The van der Waals surface area contributed by atoms with Crippen molar-refractivity contribution in [2.75, 3.05) is 6.61 Å². The van der Waals surface area contributed by atoms with Crippen LogP contribution in [-0.2, 0) is 42.6 Å². The van der Waals surface area contributed by atoms with Crippen LogP contribution in [0.2, 0.25) is 10.0 Å². The molecule has 2 aliphatic rings. The van der Waals surface area contributed by atoms with E-state index in [0.717, 1.165) is 50.2 Å². The van der Waals surface area contributed by atoms with Gasteiger partial charge in [-0.1, -0.05) is 65.7 Å². The average Bonchev–Trinajstić information content (AvgIpc) is 3.69. The van der Waals surface area contributed by atoms with Gasteiger partial charge in [-0.3, -0.25) is 14.6 Å². The normalized spacial score (nSPS) is 16.1. The molecule has 2 aliphatic heterocycles. The number of fused-ring (bicyclic) bond motifs is 2. The number of amides is 2. The lowest BCUT2D eigenvalue weighted by molar-refractivity contribution is -0.142. The quantitative estimate of drug-likeness (QED) is 0.133. The van der Waals surface area contributed by atoms with Crippen LogP contribution in [-0.4, -0.2) is 61.0 Å². The number of carboxylic acid groups (broad SMARTS) is 1. The minimum absolute atomic E-state index is 0.0423. The summed E-state index contributed by atoms with van der Waals surface area (Å²) in [6, 6.07) is 23.9. The van der Waals surface area contributed by atoms with Crippen molar-refractivity contribution in [1.82, 2.24) is 24.8 Å². The molecule has 0 radical (unpaired) electrons. The van der Waals surface area contributed by atoms with Crippen LogP contribution in [0.5, 0.6) is 17.2 Å². The van der Waals surface area contributed by atoms with Crippen molar-refractivity contribution < 1.29 is 33.7 Å². The molecule has 3 atom stereocenters. The van der Waals surface area contributed by atoms with Crippen molar-refractivity contribution in [3.8, 4) is 28.4 Å². The molecule has 2 N–H and O–H groups in total. The van der Waals surface area contributed by atoms with Gasteiger partial charge in [0.15, 0.2) is 23.4 Å². The van der Waals surface area contributed by atoms with E-state index in [1.54, 1.807) is 36.1 Å². The number of nitrogens with one attached hydrogen (secondary N) is 1. The van der Waals surface area contributed by atoms with Crippen molar-refractivity contribution in [2.45, 2.75) is 58.0 Å². The summed E-state index contributed by atoms with van der Waals surface area (Å²) in [6.07, 6.45) is 4.67. The summed E-state index contributed by atoms with van der Waals surface area (Å²) in [5.41, 5.74) is 8.07. The van der Waals surface area contributed by atoms with Gasteiger partial charge in [0, 0.05) is 50.7 Å². The van der Waals surface area contributed by atoms with E-state index in [-0.39, 0.29) is 31.8 Å². The van der Waals surface area contributed by atoms with E-state index in [4.69, 9.17) is 37.4 Å². The summed E-state index contributed by atoms with van der Waals surface area (Å²) >= 11 is 12.2. The first-order chi connectivity index (χ1) is 28.9. The minimum Gasteiger partial charge on any atom is -0.489 e. The van der Waals surface area contributed by atoms with Gasteiger partial charge in [0.25, 0.3) is 5.91 Å². The van der Waals surface area contributed by atoms with Gasteiger partial charge in [-0.15, -0.1) is 0 Å². The highest BCUT2D eigenvalue weighted by atomic mass is 35.5. The molecule has 2 amide bonds. The predicted octanol–water partition coefficient (Wildman–Crippen LogP) is 7.88. The van der Waals surface area contributed by atoms with E-state index in [9.17, 15) is 19.5 Å². The molecule has 4 aromatic carbocycles. The molecule has 2 aromatic heterocycles. The third-order valence-corrected chi connectivity index (χ3v) is 11.8. The largest absolute Gasteiger partial charge is 0.489 e. The van der Waals surface area contributed by atoms with Crippen molar-refractivity contribution in [2.24, 2.45) is 7.05 Å². The number of carbonyl (C=O) groups excluding carboxylic acids is 2. The Balaban J connectivity index is 0.982. The second kappa shape index (κ2) is 17.1. The number of nitrogens with zero attached hydrogens (tertiary/aromatic N) is 4. The first kappa shape index (κ1) is 40.4. The standard InChI is InChI=1S/C46H41Cl2N5O7/c1-26-27(2)49-15-14-35(26)30-7-4-28(5-8-30)19-38(46(56)57)51-44(54)39-20-32-21-40-41(22-33(32)23-53(39)45(55)43-50-16-17-52(43)3)60-42(25-59-40)31-9-11-34(12-10-31)58-24-29-6-13-36(47)37(48)18-29/h4-18,21-22,38-39,42H,19-20,23-25H2,1-3H3,(H,51,54)(H,56,57)/t38?,39-,42+/m0/s1. The fourth-order valence-corrected chi connectivity index (χ4v) is 7.84. The van der Waals surface area contributed by atoms with Gasteiger partial charge in [-0.2, -0.15) is 0 Å². The van der Waals surface area contributed by atoms with Gasteiger partial charge in [0.1, 0.15) is 31.0 Å². The smallest absolute Gasteiger partial charge is 0.326 e. The summed E-state index contributed by atoms with van der Waals surface area (Å²) < 4.78 is 20.2.